The maximum Gasteiger partial charge on any atom is 0.307 e. The minimum Gasteiger partial charge on any atom is -0.508 e. The highest BCUT2D eigenvalue weighted by Gasteiger charge is 2.63. The molecule has 0 aromatic heterocycles. The van der Waals surface area contributed by atoms with Crippen LogP contribution in [0.25, 0.3) is 0 Å². The summed E-state index contributed by atoms with van der Waals surface area (Å²) in [6.45, 7) is 5.82. The molecule has 188 valence electrons. The Bertz CT molecular complexity index is 1070. The summed E-state index contributed by atoms with van der Waals surface area (Å²) in [5, 5.41) is 9.96. The number of hydrogen-bond donors (Lipinski definition) is 2. The molecule has 2 N–H and O–H groups in total. The SMILES string of the molecule is C[C@@H]1C[C@H]2[C@@H]3CCC4=CC(O)=CC(=O)[C@]4(C)[C@H]3CC[C@]2(C)[C@H]1C(=O)COC(=O)CCS(=O)(=O)O. The molecular weight excluding hydrogens is 460 g/mol. The molecule has 0 bridgehead atoms. The Balaban J connectivity index is 1.49. The van der Waals surface area contributed by atoms with E-state index in [0.29, 0.717) is 5.92 Å². The van der Waals surface area contributed by atoms with Crippen LogP contribution in [-0.4, -0.2) is 48.0 Å². The van der Waals surface area contributed by atoms with Gasteiger partial charge in [-0.1, -0.05) is 19.4 Å². The van der Waals surface area contributed by atoms with Crippen molar-refractivity contribution in [2.75, 3.05) is 12.4 Å². The number of rotatable bonds is 6. The van der Waals surface area contributed by atoms with Gasteiger partial charge in [0.25, 0.3) is 10.1 Å². The Morgan fingerprint density at radius 1 is 1.18 bits per heavy atom. The fourth-order valence-electron chi connectivity index (χ4n) is 7.87. The second-order valence-electron chi connectivity index (χ2n) is 11.1. The normalized spacial score (nSPS) is 39.3. The fraction of sp³-hybridized carbons (Fsp3) is 0.720. The predicted octanol–water partition coefficient (Wildman–Crippen LogP) is 3.43. The molecule has 0 radical (unpaired) electrons. The van der Waals surface area contributed by atoms with Gasteiger partial charge < -0.3 is 9.84 Å². The van der Waals surface area contributed by atoms with Crippen molar-refractivity contribution in [3.05, 3.63) is 23.5 Å². The average Bonchev–Trinajstić information content (AvgIpc) is 3.01. The summed E-state index contributed by atoms with van der Waals surface area (Å²) in [5.41, 5.74) is 0.147. The third kappa shape index (κ3) is 4.15. The summed E-state index contributed by atoms with van der Waals surface area (Å²) in [7, 11) is -4.27. The van der Waals surface area contributed by atoms with Crippen molar-refractivity contribution in [3.8, 4) is 0 Å². The summed E-state index contributed by atoms with van der Waals surface area (Å²) < 4.78 is 35.5. The van der Waals surface area contributed by atoms with Crippen molar-refractivity contribution in [1.29, 1.82) is 0 Å². The minimum absolute atomic E-state index is 0.0304. The minimum atomic E-state index is -4.27. The molecule has 0 aliphatic heterocycles. The van der Waals surface area contributed by atoms with Crippen LogP contribution in [0.2, 0.25) is 0 Å². The molecule has 4 rings (SSSR count). The van der Waals surface area contributed by atoms with Gasteiger partial charge >= 0.3 is 5.97 Å². The number of aliphatic hydroxyl groups is 1. The van der Waals surface area contributed by atoms with Gasteiger partial charge in [-0.05, 0) is 74.2 Å². The van der Waals surface area contributed by atoms with Crippen LogP contribution in [0.15, 0.2) is 23.5 Å². The van der Waals surface area contributed by atoms with E-state index in [1.54, 1.807) is 6.08 Å². The Kier molecular flexibility index (Phi) is 6.34. The van der Waals surface area contributed by atoms with E-state index < -0.39 is 40.3 Å². The first kappa shape index (κ1) is 25.1. The molecule has 34 heavy (non-hydrogen) atoms. The van der Waals surface area contributed by atoms with Crippen LogP contribution >= 0.6 is 0 Å². The van der Waals surface area contributed by atoms with E-state index in [1.165, 1.54) is 6.08 Å². The lowest BCUT2D eigenvalue weighted by Crippen LogP contribution is -2.53. The summed E-state index contributed by atoms with van der Waals surface area (Å²) in [6, 6.07) is 0. The predicted molar refractivity (Wildman–Crippen MR) is 123 cm³/mol. The molecule has 0 aromatic carbocycles. The van der Waals surface area contributed by atoms with E-state index in [9.17, 15) is 27.9 Å². The number of Topliss-reactive ketones (excluding diaryl/α,β-unsaturated/α-hetero) is 1. The van der Waals surface area contributed by atoms with Crippen LogP contribution in [0.1, 0.15) is 59.3 Å². The van der Waals surface area contributed by atoms with Crippen LogP contribution in [0.3, 0.4) is 0 Å². The monoisotopic (exact) mass is 494 g/mol. The molecule has 7 atom stereocenters. The summed E-state index contributed by atoms with van der Waals surface area (Å²) >= 11 is 0. The van der Waals surface area contributed by atoms with E-state index in [-0.39, 0.29) is 46.4 Å². The molecule has 3 fully saturated rings. The van der Waals surface area contributed by atoms with Crippen molar-refractivity contribution in [1.82, 2.24) is 0 Å². The molecule has 0 amide bonds. The number of aliphatic hydroxyl groups excluding tert-OH is 1. The number of esters is 1. The summed E-state index contributed by atoms with van der Waals surface area (Å²) in [4.78, 5) is 38.1. The molecule has 4 aliphatic rings. The molecule has 0 spiro atoms. The van der Waals surface area contributed by atoms with Gasteiger partial charge in [0.05, 0.1) is 17.6 Å². The van der Waals surface area contributed by atoms with E-state index >= 15 is 0 Å². The molecule has 4 aliphatic carbocycles. The van der Waals surface area contributed by atoms with Gasteiger partial charge in [-0.2, -0.15) is 8.42 Å². The summed E-state index contributed by atoms with van der Waals surface area (Å²) in [5.74, 6) is -1.14. The quantitative estimate of drug-likeness (QED) is 0.423. The number of carbonyl (C=O) groups excluding carboxylic acids is 3. The highest BCUT2D eigenvalue weighted by Crippen LogP contribution is 2.67. The van der Waals surface area contributed by atoms with Crippen LogP contribution in [0.5, 0.6) is 0 Å². The highest BCUT2D eigenvalue weighted by molar-refractivity contribution is 7.85. The number of fused-ring (bicyclic) bond motifs is 5. The van der Waals surface area contributed by atoms with Crippen LogP contribution in [0, 0.1) is 40.4 Å². The van der Waals surface area contributed by atoms with E-state index in [1.807, 2.05) is 6.92 Å². The molecule has 0 unspecified atom stereocenters. The lowest BCUT2D eigenvalue weighted by molar-refractivity contribution is -0.151. The van der Waals surface area contributed by atoms with Crippen molar-refractivity contribution in [3.63, 3.8) is 0 Å². The van der Waals surface area contributed by atoms with Gasteiger partial charge in [0, 0.05) is 12.0 Å². The van der Waals surface area contributed by atoms with Gasteiger partial charge in [-0.3, -0.25) is 18.9 Å². The standard InChI is InChI=1S/C25H34O8S/c1-14-10-19-17-5-4-15-11-16(26)12-21(28)25(15,3)18(17)6-8-24(19,2)23(14)20(27)13-33-22(29)7-9-34(30,31)32/h11-12,14,17-19,23,26H,4-10,13H2,1-3H3,(H,30,31,32)/t14-,17-,18+,19+,23-,24+,25+/m1/s1. The van der Waals surface area contributed by atoms with Crippen molar-refractivity contribution < 1.29 is 37.2 Å². The molecule has 0 aromatic rings. The highest BCUT2D eigenvalue weighted by atomic mass is 32.2. The zero-order valence-electron chi connectivity index (χ0n) is 20.0. The van der Waals surface area contributed by atoms with Gasteiger partial charge in [0.15, 0.2) is 11.6 Å². The van der Waals surface area contributed by atoms with Gasteiger partial charge in [0.2, 0.25) is 0 Å². The van der Waals surface area contributed by atoms with Crippen molar-refractivity contribution in [2.45, 2.75) is 59.3 Å². The van der Waals surface area contributed by atoms with Crippen LogP contribution in [0.4, 0.5) is 0 Å². The molecule has 0 saturated heterocycles. The topological polar surface area (TPSA) is 135 Å². The third-order valence-corrected chi connectivity index (χ3v) is 10.1. The Hall–Kier alpha value is -2.00. The average molecular weight is 495 g/mol. The molecule has 0 heterocycles. The van der Waals surface area contributed by atoms with E-state index in [4.69, 9.17) is 9.29 Å². The molecular formula is C25H34O8S. The number of allylic oxidation sites excluding steroid dienone is 3. The number of carbonyl (C=O) groups is 3. The largest absolute Gasteiger partial charge is 0.508 e. The first-order valence-corrected chi connectivity index (χ1v) is 13.7. The second kappa shape index (κ2) is 8.59. The lowest BCUT2D eigenvalue weighted by atomic mass is 9.47. The van der Waals surface area contributed by atoms with E-state index in [2.05, 4.69) is 13.8 Å². The fourth-order valence-corrected chi connectivity index (χ4v) is 8.29. The summed E-state index contributed by atoms with van der Waals surface area (Å²) in [6.07, 6.45) is 6.76. The van der Waals surface area contributed by atoms with Crippen LogP contribution < -0.4 is 0 Å². The Labute approximate surface area is 200 Å². The van der Waals surface area contributed by atoms with Gasteiger partial charge in [-0.25, -0.2) is 0 Å². The van der Waals surface area contributed by atoms with Crippen LogP contribution in [-0.2, 0) is 29.2 Å². The van der Waals surface area contributed by atoms with Crippen molar-refractivity contribution in [2.24, 2.45) is 40.4 Å². The third-order valence-electron chi connectivity index (χ3n) is 9.33. The maximum atomic E-state index is 13.2. The molecule has 3 saturated carbocycles. The molecule has 8 nitrogen and oxygen atoms in total. The van der Waals surface area contributed by atoms with Gasteiger partial charge in [0.1, 0.15) is 12.4 Å². The number of ether oxygens (including phenoxy) is 1. The van der Waals surface area contributed by atoms with E-state index in [0.717, 1.165) is 37.7 Å². The number of ketones is 2. The zero-order valence-corrected chi connectivity index (χ0v) is 20.8. The Morgan fingerprint density at radius 2 is 1.88 bits per heavy atom. The maximum absolute atomic E-state index is 13.2. The number of hydrogen-bond acceptors (Lipinski definition) is 7. The van der Waals surface area contributed by atoms with Gasteiger partial charge in [-0.15, -0.1) is 0 Å². The Morgan fingerprint density at radius 3 is 2.56 bits per heavy atom. The first-order chi connectivity index (χ1) is 15.8. The smallest absolute Gasteiger partial charge is 0.307 e. The second-order valence-corrected chi connectivity index (χ2v) is 12.7. The zero-order chi connectivity index (χ0) is 25.1. The molecule has 9 heteroatoms. The van der Waals surface area contributed by atoms with Crippen molar-refractivity contribution >= 4 is 27.7 Å². The lowest BCUT2D eigenvalue weighted by Gasteiger charge is -2.56. The first-order valence-electron chi connectivity index (χ1n) is 12.1.